The van der Waals surface area contributed by atoms with Crippen molar-refractivity contribution >= 4 is 11.8 Å². The lowest BCUT2D eigenvalue weighted by atomic mass is 9.89. The quantitative estimate of drug-likeness (QED) is 0.686. The van der Waals surface area contributed by atoms with E-state index in [1.807, 2.05) is 13.8 Å². The first-order valence-corrected chi connectivity index (χ1v) is 4.17. The van der Waals surface area contributed by atoms with E-state index in [1.165, 1.54) is 0 Å². The van der Waals surface area contributed by atoms with Gasteiger partial charge in [-0.3, -0.25) is 9.59 Å². The number of Topliss-reactive ketones (excluding diaryl/α,β-unsaturated/α-hetero) is 1. The number of carboxylic acids is 1. The van der Waals surface area contributed by atoms with Crippen molar-refractivity contribution in [2.75, 3.05) is 0 Å². The first-order valence-electron chi connectivity index (χ1n) is 4.17. The molecule has 0 heterocycles. The Morgan fingerprint density at radius 1 is 1.33 bits per heavy atom. The molecule has 1 N–H and O–H groups in total. The van der Waals surface area contributed by atoms with E-state index in [0.717, 1.165) is 0 Å². The fraction of sp³-hybridized carbons (Fsp3) is 0.778. The smallest absolute Gasteiger partial charge is 0.303 e. The van der Waals surface area contributed by atoms with Gasteiger partial charge in [-0.1, -0.05) is 13.8 Å². The van der Waals surface area contributed by atoms with Crippen LogP contribution in [0.3, 0.4) is 0 Å². The fourth-order valence-corrected chi connectivity index (χ4v) is 1.00. The number of hydrogen-bond donors (Lipinski definition) is 1. The molecule has 0 bridgehead atoms. The van der Waals surface area contributed by atoms with Crippen molar-refractivity contribution < 1.29 is 14.7 Å². The molecule has 2 atom stereocenters. The normalized spacial score (nSPS) is 15.2. The van der Waals surface area contributed by atoms with Gasteiger partial charge in [-0.25, -0.2) is 0 Å². The molecule has 70 valence electrons. The Kier molecular flexibility index (Phi) is 4.55. The van der Waals surface area contributed by atoms with Crippen LogP contribution in [0.15, 0.2) is 0 Å². The maximum atomic E-state index is 10.9. The summed E-state index contributed by atoms with van der Waals surface area (Å²) in [4.78, 5) is 21.1. The van der Waals surface area contributed by atoms with E-state index < -0.39 is 5.97 Å². The monoisotopic (exact) mass is 172 g/mol. The Morgan fingerprint density at radius 3 is 2.17 bits per heavy atom. The van der Waals surface area contributed by atoms with Crippen LogP contribution in [0, 0.1) is 11.8 Å². The van der Waals surface area contributed by atoms with Gasteiger partial charge >= 0.3 is 5.97 Å². The molecule has 0 fully saturated rings. The van der Waals surface area contributed by atoms with E-state index in [-0.39, 0.29) is 24.0 Å². The van der Waals surface area contributed by atoms with Crippen LogP contribution in [-0.2, 0) is 9.59 Å². The molecule has 0 aliphatic carbocycles. The van der Waals surface area contributed by atoms with Gasteiger partial charge in [-0.05, 0) is 19.3 Å². The van der Waals surface area contributed by atoms with Gasteiger partial charge in [-0.2, -0.15) is 0 Å². The average molecular weight is 172 g/mol. The second-order valence-corrected chi connectivity index (χ2v) is 3.31. The zero-order valence-electron chi connectivity index (χ0n) is 7.83. The lowest BCUT2D eigenvalue weighted by Crippen LogP contribution is -2.16. The predicted octanol–water partition coefficient (Wildman–Crippen LogP) is 1.71. The number of carboxylic acid groups (broad SMARTS) is 1. The van der Waals surface area contributed by atoms with Gasteiger partial charge in [-0.15, -0.1) is 0 Å². The van der Waals surface area contributed by atoms with Gasteiger partial charge in [0.05, 0.1) is 0 Å². The first kappa shape index (κ1) is 11.1. The highest BCUT2D eigenvalue weighted by atomic mass is 16.4. The van der Waals surface area contributed by atoms with E-state index in [2.05, 4.69) is 0 Å². The highest BCUT2D eigenvalue weighted by Crippen LogP contribution is 2.17. The molecule has 12 heavy (non-hydrogen) atoms. The topological polar surface area (TPSA) is 54.4 Å². The Bertz CT molecular complexity index is 175. The van der Waals surface area contributed by atoms with E-state index >= 15 is 0 Å². The second-order valence-electron chi connectivity index (χ2n) is 3.31. The van der Waals surface area contributed by atoms with Crippen LogP contribution < -0.4 is 0 Å². The Labute approximate surface area is 72.8 Å². The van der Waals surface area contributed by atoms with Gasteiger partial charge in [0.15, 0.2) is 0 Å². The minimum atomic E-state index is -0.794. The van der Waals surface area contributed by atoms with E-state index in [4.69, 9.17) is 5.11 Å². The molecule has 0 saturated carbocycles. The molecule has 0 rings (SSSR count). The summed E-state index contributed by atoms with van der Waals surface area (Å²) < 4.78 is 0. The van der Waals surface area contributed by atoms with Gasteiger partial charge in [0, 0.05) is 12.3 Å². The lowest BCUT2D eigenvalue weighted by Gasteiger charge is -2.15. The fourth-order valence-electron chi connectivity index (χ4n) is 1.00. The average Bonchev–Trinajstić information content (AvgIpc) is 1.98. The highest BCUT2D eigenvalue weighted by Gasteiger charge is 2.16. The second kappa shape index (κ2) is 4.91. The van der Waals surface area contributed by atoms with Crippen molar-refractivity contribution in [2.45, 2.75) is 33.6 Å². The maximum Gasteiger partial charge on any atom is 0.303 e. The molecule has 3 nitrogen and oxygen atoms in total. The third-order valence-corrected chi connectivity index (χ3v) is 2.31. The molecule has 0 amide bonds. The van der Waals surface area contributed by atoms with Crippen molar-refractivity contribution in [1.82, 2.24) is 0 Å². The van der Waals surface area contributed by atoms with Crippen molar-refractivity contribution in [3.8, 4) is 0 Å². The largest absolute Gasteiger partial charge is 0.481 e. The van der Waals surface area contributed by atoms with Crippen LogP contribution >= 0.6 is 0 Å². The molecule has 0 aliphatic rings. The SMILES string of the molecule is CC(=O)C(C)C(C)CCC(=O)O. The molecule has 0 aromatic carbocycles. The minimum Gasteiger partial charge on any atom is -0.481 e. The van der Waals surface area contributed by atoms with Crippen LogP contribution in [-0.4, -0.2) is 16.9 Å². The highest BCUT2D eigenvalue weighted by molar-refractivity contribution is 5.78. The van der Waals surface area contributed by atoms with Gasteiger partial charge in [0.25, 0.3) is 0 Å². The standard InChI is InChI=1S/C9H16O3/c1-6(4-5-9(11)12)7(2)8(3)10/h6-7H,4-5H2,1-3H3,(H,11,12). The number of hydrogen-bond acceptors (Lipinski definition) is 2. The van der Waals surface area contributed by atoms with E-state index in [9.17, 15) is 9.59 Å². The summed E-state index contributed by atoms with van der Waals surface area (Å²) in [5.74, 6) is -0.520. The number of rotatable bonds is 5. The third-order valence-electron chi connectivity index (χ3n) is 2.31. The summed E-state index contributed by atoms with van der Waals surface area (Å²) in [5, 5.41) is 8.40. The van der Waals surface area contributed by atoms with Crippen molar-refractivity contribution in [3.05, 3.63) is 0 Å². The van der Waals surface area contributed by atoms with Gasteiger partial charge in [0.2, 0.25) is 0 Å². The van der Waals surface area contributed by atoms with E-state index in [1.54, 1.807) is 6.92 Å². The number of carbonyl (C=O) groups is 2. The minimum absolute atomic E-state index is 0.0238. The van der Waals surface area contributed by atoms with Crippen LogP contribution in [0.4, 0.5) is 0 Å². The summed E-state index contributed by atoms with van der Waals surface area (Å²) in [5.41, 5.74) is 0. The number of ketones is 1. The van der Waals surface area contributed by atoms with Gasteiger partial charge in [0.1, 0.15) is 5.78 Å². The Morgan fingerprint density at radius 2 is 1.83 bits per heavy atom. The molecule has 0 aromatic heterocycles. The number of aliphatic carboxylic acids is 1. The van der Waals surface area contributed by atoms with Crippen LogP contribution in [0.25, 0.3) is 0 Å². The zero-order valence-corrected chi connectivity index (χ0v) is 7.83. The molecule has 2 unspecified atom stereocenters. The van der Waals surface area contributed by atoms with Crippen LogP contribution in [0.5, 0.6) is 0 Å². The van der Waals surface area contributed by atoms with E-state index in [0.29, 0.717) is 6.42 Å². The first-order chi connectivity index (χ1) is 5.45. The Balaban J connectivity index is 3.79. The van der Waals surface area contributed by atoms with Crippen molar-refractivity contribution in [3.63, 3.8) is 0 Å². The molecule has 0 aliphatic heterocycles. The lowest BCUT2D eigenvalue weighted by molar-refractivity contribution is -0.137. The van der Waals surface area contributed by atoms with Crippen molar-refractivity contribution in [2.24, 2.45) is 11.8 Å². The molecule has 0 spiro atoms. The molecule has 0 aromatic rings. The summed E-state index contributed by atoms with van der Waals surface area (Å²) in [6.07, 6.45) is 0.731. The number of carbonyl (C=O) groups excluding carboxylic acids is 1. The third kappa shape index (κ3) is 4.11. The molecule has 0 saturated heterocycles. The summed E-state index contributed by atoms with van der Waals surface area (Å²) in [7, 11) is 0. The van der Waals surface area contributed by atoms with Crippen molar-refractivity contribution in [1.29, 1.82) is 0 Å². The summed E-state index contributed by atoms with van der Waals surface area (Å²) in [6.45, 7) is 5.30. The predicted molar refractivity (Wildman–Crippen MR) is 45.9 cm³/mol. The summed E-state index contributed by atoms with van der Waals surface area (Å²) in [6, 6.07) is 0. The Hall–Kier alpha value is -0.860. The summed E-state index contributed by atoms with van der Waals surface area (Å²) >= 11 is 0. The molecule has 0 radical (unpaired) electrons. The zero-order chi connectivity index (χ0) is 9.72. The van der Waals surface area contributed by atoms with Crippen LogP contribution in [0.2, 0.25) is 0 Å². The molecular weight excluding hydrogens is 156 g/mol. The van der Waals surface area contributed by atoms with Gasteiger partial charge < -0.3 is 5.11 Å². The molecule has 3 heteroatoms. The molecular formula is C9H16O3. The van der Waals surface area contributed by atoms with Crippen LogP contribution in [0.1, 0.15) is 33.6 Å². The maximum absolute atomic E-state index is 10.9.